The Kier molecular flexibility index (Phi) is 5.60. The maximum absolute atomic E-state index is 13.8. The minimum atomic E-state index is -4.63. The van der Waals surface area contributed by atoms with Crippen molar-refractivity contribution < 1.29 is 30.0 Å². The van der Waals surface area contributed by atoms with Gasteiger partial charge in [0.1, 0.15) is 4.90 Å². The summed E-state index contributed by atoms with van der Waals surface area (Å²) in [4.78, 5) is -1.34. The molecule has 27 heavy (non-hydrogen) atoms. The topological polar surface area (TPSA) is 92.3 Å². The average Bonchev–Trinajstić information content (AvgIpc) is 2.50. The zero-order chi connectivity index (χ0) is 20.6. The first kappa shape index (κ1) is 21.2. The fourth-order valence-corrected chi connectivity index (χ4v) is 4.70. The molecular formula is C16H17F3N2O4S2. The molecule has 6 nitrogen and oxygen atoms in total. The molecule has 0 aliphatic rings. The maximum Gasteiger partial charge on any atom is 0.264 e. The van der Waals surface area contributed by atoms with E-state index in [4.69, 9.17) is 0 Å². The summed E-state index contributed by atoms with van der Waals surface area (Å²) >= 11 is 0. The lowest BCUT2D eigenvalue weighted by atomic mass is 10.1. The Morgan fingerprint density at radius 2 is 1.48 bits per heavy atom. The number of rotatable bonds is 5. The van der Waals surface area contributed by atoms with Crippen LogP contribution in [-0.2, 0) is 20.0 Å². The molecule has 148 valence electrons. The van der Waals surface area contributed by atoms with Crippen molar-refractivity contribution in [3.63, 3.8) is 0 Å². The van der Waals surface area contributed by atoms with E-state index in [1.165, 1.54) is 18.2 Å². The van der Waals surface area contributed by atoms with Gasteiger partial charge in [0.2, 0.25) is 10.0 Å². The van der Waals surface area contributed by atoms with Gasteiger partial charge in [0.25, 0.3) is 10.0 Å². The maximum atomic E-state index is 13.8. The summed E-state index contributed by atoms with van der Waals surface area (Å²) in [5.74, 6) is -5.34. The van der Waals surface area contributed by atoms with Crippen LogP contribution in [0, 0.1) is 17.5 Å². The Morgan fingerprint density at radius 1 is 0.852 bits per heavy atom. The van der Waals surface area contributed by atoms with Gasteiger partial charge in [0, 0.05) is 5.54 Å². The average molecular weight is 422 g/mol. The highest BCUT2D eigenvalue weighted by Crippen LogP contribution is 2.24. The van der Waals surface area contributed by atoms with Gasteiger partial charge in [-0.1, -0.05) is 6.07 Å². The van der Waals surface area contributed by atoms with Gasteiger partial charge in [0.05, 0.1) is 10.6 Å². The van der Waals surface area contributed by atoms with Crippen molar-refractivity contribution in [2.24, 2.45) is 0 Å². The molecule has 2 rings (SSSR count). The lowest BCUT2D eigenvalue weighted by Crippen LogP contribution is -2.40. The third kappa shape index (κ3) is 4.99. The summed E-state index contributed by atoms with van der Waals surface area (Å²) in [6, 6.07) is 5.80. The van der Waals surface area contributed by atoms with Crippen LogP contribution in [0.2, 0.25) is 0 Å². The molecular weight excluding hydrogens is 405 g/mol. The largest absolute Gasteiger partial charge is 0.279 e. The third-order valence-corrected chi connectivity index (χ3v) is 6.28. The van der Waals surface area contributed by atoms with Crippen molar-refractivity contribution in [2.75, 3.05) is 4.72 Å². The van der Waals surface area contributed by atoms with Crippen molar-refractivity contribution in [3.05, 3.63) is 53.8 Å². The first-order chi connectivity index (χ1) is 12.2. The van der Waals surface area contributed by atoms with E-state index in [0.29, 0.717) is 12.1 Å². The molecule has 0 fully saturated rings. The van der Waals surface area contributed by atoms with E-state index < -0.39 is 47.9 Å². The summed E-state index contributed by atoms with van der Waals surface area (Å²) in [5.41, 5.74) is -0.973. The van der Waals surface area contributed by atoms with E-state index in [-0.39, 0.29) is 10.6 Å². The van der Waals surface area contributed by atoms with E-state index in [9.17, 15) is 30.0 Å². The molecule has 0 saturated heterocycles. The first-order valence-corrected chi connectivity index (χ1v) is 10.5. The molecule has 0 bridgehead atoms. The molecule has 0 amide bonds. The molecule has 0 saturated carbocycles. The fourth-order valence-electron chi connectivity index (χ4n) is 2.11. The van der Waals surface area contributed by atoms with E-state index >= 15 is 0 Å². The van der Waals surface area contributed by atoms with Gasteiger partial charge in [-0.3, -0.25) is 4.72 Å². The first-order valence-electron chi connectivity index (χ1n) is 7.53. The highest BCUT2D eigenvalue weighted by molar-refractivity contribution is 7.92. The summed E-state index contributed by atoms with van der Waals surface area (Å²) < 4.78 is 93.6. The van der Waals surface area contributed by atoms with Crippen LogP contribution in [0.5, 0.6) is 0 Å². The van der Waals surface area contributed by atoms with E-state index in [1.54, 1.807) is 20.8 Å². The molecule has 0 aromatic heterocycles. The summed E-state index contributed by atoms with van der Waals surface area (Å²) in [6.07, 6.45) is 0. The molecule has 0 atom stereocenters. The van der Waals surface area contributed by atoms with Crippen molar-refractivity contribution in [3.8, 4) is 0 Å². The normalized spacial score (nSPS) is 12.8. The van der Waals surface area contributed by atoms with Gasteiger partial charge in [-0.2, -0.15) is 0 Å². The molecule has 0 spiro atoms. The summed E-state index contributed by atoms with van der Waals surface area (Å²) in [6.45, 7) is 4.88. The summed E-state index contributed by atoms with van der Waals surface area (Å²) in [5, 5.41) is 0. The third-order valence-electron chi connectivity index (χ3n) is 3.13. The number of sulfonamides is 2. The number of anilines is 1. The minimum absolute atomic E-state index is 0.198. The number of hydrogen-bond acceptors (Lipinski definition) is 4. The highest BCUT2D eigenvalue weighted by atomic mass is 32.2. The number of halogens is 3. The molecule has 0 aliphatic carbocycles. The van der Waals surface area contributed by atoms with Crippen LogP contribution in [0.3, 0.4) is 0 Å². The lowest BCUT2D eigenvalue weighted by Gasteiger charge is -2.20. The standard InChI is InChI=1S/C16H17F3N2O4S2/c1-16(2,3)21-26(22,23)11-6-4-5-10(9-11)20-27(24,25)13-8-7-12(17)14(18)15(13)19/h4-9,20-21H,1-3H3. The molecule has 11 heteroatoms. The second kappa shape index (κ2) is 7.13. The molecule has 2 aromatic rings. The van der Waals surface area contributed by atoms with Crippen LogP contribution in [0.4, 0.5) is 18.9 Å². The molecule has 2 N–H and O–H groups in total. The van der Waals surface area contributed by atoms with Gasteiger partial charge in [-0.15, -0.1) is 0 Å². The van der Waals surface area contributed by atoms with E-state index in [1.807, 2.05) is 4.72 Å². The van der Waals surface area contributed by atoms with Gasteiger partial charge >= 0.3 is 0 Å². The van der Waals surface area contributed by atoms with E-state index in [0.717, 1.165) is 6.07 Å². The second-order valence-corrected chi connectivity index (χ2v) is 10.00. The van der Waals surface area contributed by atoms with Crippen molar-refractivity contribution in [2.45, 2.75) is 36.1 Å². The zero-order valence-corrected chi connectivity index (χ0v) is 16.2. The Hall–Kier alpha value is -2.11. The van der Waals surface area contributed by atoms with Gasteiger partial charge in [-0.25, -0.2) is 34.7 Å². The van der Waals surface area contributed by atoms with E-state index in [2.05, 4.69) is 4.72 Å². The molecule has 2 aromatic carbocycles. The molecule has 0 aliphatic heterocycles. The fraction of sp³-hybridized carbons (Fsp3) is 0.250. The SMILES string of the molecule is CC(C)(C)NS(=O)(=O)c1cccc(NS(=O)(=O)c2ccc(F)c(F)c2F)c1. The van der Waals surface area contributed by atoms with Crippen LogP contribution >= 0.6 is 0 Å². The predicted molar refractivity (Wildman–Crippen MR) is 93.6 cm³/mol. The number of nitrogens with one attached hydrogen (secondary N) is 2. The van der Waals surface area contributed by atoms with Crippen molar-refractivity contribution >= 4 is 25.7 Å². The Morgan fingerprint density at radius 3 is 2.07 bits per heavy atom. The number of benzene rings is 2. The number of hydrogen-bond donors (Lipinski definition) is 2. The molecule has 0 heterocycles. The highest BCUT2D eigenvalue weighted by Gasteiger charge is 2.26. The molecule has 0 unspecified atom stereocenters. The zero-order valence-electron chi connectivity index (χ0n) is 14.5. The monoisotopic (exact) mass is 422 g/mol. The van der Waals surface area contributed by atoms with Gasteiger partial charge in [0.15, 0.2) is 17.5 Å². The smallest absolute Gasteiger partial charge is 0.264 e. The Labute approximate surface area is 155 Å². The van der Waals surface area contributed by atoms with Crippen LogP contribution in [-0.4, -0.2) is 22.4 Å². The van der Waals surface area contributed by atoms with Gasteiger partial charge in [-0.05, 0) is 51.1 Å². The van der Waals surface area contributed by atoms with Crippen LogP contribution in [0.25, 0.3) is 0 Å². The quantitative estimate of drug-likeness (QED) is 0.725. The van der Waals surface area contributed by atoms with Gasteiger partial charge < -0.3 is 0 Å². The predicted octanol–water partition coefficient (Wildman–Crippen LogP) is 2.98. The molecule has 0 radical (unpaired) electrons. The second-order valence-electron chi connectivity index (χ2n) is 6.66. The minimum Gasteiger partial charge on any atom is -0.279 e. The Balaban J connectivity index is 2.40. The van der Waals surface area contributed by atoms with Crippen LogP contribution in [0.1, 0.15) is 20.8 Å². The summed E-state index contributed by atoms with van der Waals surface area (Å²) in [7, 11) is -8.58. The van der Waals surface area contributed by atoms with Crippen molar-refractivity contribution in [1.29, 1.82) is 0 Å². The Bertz CT molecular complexity index is 1080. The van der Waals surface area contributed by atoms with Crippen LogP contribution < -0.4 is 9.44 Å². The van der Waals surface area contributed by atoms with Crippen molar-refractivity contribution in [1.82, 2.24) is 4.72 Å². The van der Waals surface area contributed by atoms with Crippen LogP contribution in [0.15, 0.2) is 46.2 Å². The lowest BCUT2D eigenvalue weighted by molar-refractivity contribution is 0.432.